The molecule has 1 unspecified atom stereocenters. The second-order valence-electron chi connectivity index (χ2n) is 4.29. The Labute approximate surface area is 113 Å². The van der Waals surface area contributed by atoms with Gasteiger partial charge in [0.15, 0.2) is 11.6 Å². The molecule has 0 saturated heterocycles. The second-order valence-corrected chi connectivity index (χ2v) is 5.53. The molecule has 0 aliphatic heterocycles. The zero-order valence-electron chi connectivity index (χ0n) is 10.7. The summed E-state index contributed by atoms with van der Waals surface area (Å²) in [6.07, 6.45) is 0. The van der Waals surface area contributed by atoms with E-state index in [2.05, 4.69) is 10.3 Å². The number of hydrogen-bond donors (Lipinski definition) is 1. The normalized spacial score (nSPS) is 12.5. The van der Waals surface area contributed by atoms with Crippen LogP contribution in [0.2, 0.25) is 0 Å². The fourth-order valence-corrected chi connectivity index (χ4v) is 2.84. The van der Waals surface area contributed by atoms with E-state index in [9.17, 15) is 13.2 Å². The molecule has 1 aromatic carbocycles. The number of rotatable bonds is 3. The Balaban J connectivity index is 2.29. The van der Waals surface area contributed by atoms with Crippen LogP contribution in [0.4, 0.5) is 18.9 Å². The molecular weight excluding hydrogens is 273 g/mol. The lowest BCUT2D eigenvalue weighted by Gasteiger charge is -2.15. The molecule has 0 aliphatic carbocycles. The van der Waals surface area contributed by atoms with E-state index in [-0.39, 0.29) is 11.7 Å². The number of aryl methyl sites for hydroxylation is 2. The maximum Gasteiger partial charge on any atom is 0.152 e. The Bertz CT molecular complexity index is 587. The highest BCUT2D eigenvalue weighted by atomic mass is 32.1. The monoisotopic (exact) mass is 286 g/mol. The summed E-state index contributed by atoms with van der Waals surface area (Å²) >= 11 is 1.46. The van der Waals surface area contributed by atoms with Gasteiger partial charge in [-0.2, -0.15) is 0 Å². The molecule has 2 rings (SSSR count). The molecule has 1 aromatic heterocycles. The molecule has 0 amide bonds. The van der Waals surface area contributed by atoms with Crippen LogP contribution in [-0.2, 0) is 0 Å². The van der Waals surface area contributed by atoms with Gasteiger partial charge in [0.05, 0.1) is 16.7 Å². The molecule has 0 fully saturated rings. The van der Waals surface area contributed by atoms with Gasteiger partial charge in [-0.3, -0.25) is 0 Å². The number of benzene rings is 1. The molecular formula is C13H13F3N2S. The van der Waals surface area contributed by atoms with E-state index in [1.54, 1.807) is 6.92 Å². The van der Waals surface area contributed by atoms with Crippen molar-refractivity contribution < 1.29 is 13.2 Å². The molecule has 1 heterocycles. The van der Waals surface area contributed by atoms with Gasteiger partial charge in [0.1, 0.15) is 11.5 Å². The summed E-state index contributed by atoms with van der Waals surface area (Å²) in [4.78, 5) is 5.17. The standard InChI is InChI=1S/C13H13F3N2S/c1-6-13(19-8(3)17-6)7(2)18-12-10(15)4-9(14)5-11(12)16/h4-5,7,18H,1-3H3. The minimum Gasteiger partial charge on any atom is -0.373 e. The summed E-state index contributed by atoms with van der Waals surface area (Å²) in [6.45, 7) is 5.49. The molecule has 1 N–H and O–H groups in total. The Morgan fingerprint density at radius 2 is 1.74 bits per heavy atom. The van der Waals surface area contributed by atoms with Gasteiger partial charge in [0.25, 0.3) is 0 Å². The minimum absolute atomic E-state index is 0.305. The first-order valence-corrected chi connectivity index (χ1v) is 6.55. The molecule has 2 nitrogen and oxygen atoms in total. The molecule has 6 heteroatoms. The third kappa shape index (κ3) is 2.89. The molecule has 2 aromatic rings. The fraction of sp³-hybridized carbons (Fsp3) is 0.308. The molecule has 19 heavy (non-hydrogen) atoms. The third-order valence-electron chi connectivity index (χ3n) is 2.70. The number of thiazole rings is 1. The molecule has 1 atom stereocenters. The summed E-state index contributed by atoms with van der Waals surface area (Å²) in [7, 11) is 0. The third-order valence-corrected chi connectivity index (χ3v) is 3.96. The number of halogens is 3. The van der Waals surface area contributed by atoms with Gasteiger partial charge in [0, 0.05) is 17.0 Å². The largest absolute Gasteiger partial charge is 0.373 e. The summed E-state index contributed by atoms with van der Waals surface area (Å²) in [5.74, 6) is -2.82. The van der Waals surface area contributed by atoms with Crippen LogP contribution in [0, 0.1) is 31.3 Å². The first kappa shape index (κ1) is 13.9. The topological polar surface area (TPSA) is 24.9 Å². The Hall–Kier alpha value is -1.56. The lowest BCUT2D eigenvalue weighted by molar-refractivity contribution is 0.545. The van der Waals surface area contributed by atoms with Crippen molar-refractivity contribution in [2.45, 2.75) is 26.8 Å². The van der Waals surface area contributed by atoms with Gasteiger partial charge >= 0.3 is 0 Å². The van der Waals surface area contributed by atoms with Crippen molar-refractivity contribution in [3.8, 4) is 0 Å². The van der Waals surface area contributed by atoms with Crippen LogP contribution in [0.5, 0.6) is 0 Å². The lowest BCUT2D eigenvalue weighted by Crippen LogP contribution is -2.09. The lowest BCUT2D eigenvalue weighted by atomic mass is 10.2. The molecule has 102 valence electrons. The Morgan fingerprint density at radius 1 is 1.16 bits per heavy atom. The van der Waals surface area contributed by atoms with Crippen LogP contribution in [0.25, 0.3) is 0 Å². The summed E-state index contributed by atoms with van der Waals surface area (Å²) in [6, 6.07) is 1.01. The highest BCUT2D eigenvalue weighted by Gasteiger charge is 2.17. The highest BCUT2D eigenvalue weighted by molar-refractivity contribution is 7.11. The van der Waals surface area contributed by atoms with Gasteiger partial charge in [-0.15, -0.1) is 11.3 Å². The van der Waals surface area contributed by atoms with E-state index in [0.29, 0.717) is 12.1 Å². The number of aromatic nitrogens is 1. The molecule has 0 radical (unpaired) electrons. The first-order valence-electron chi connectivity index (χ1n) is 5.73. The average molecular weight is 286 g/mol. The highest BCUT2D eigenvalue weighted by Crippen LogP contribution is 2.30. The van der Waals surface area contributed by atoms with Crippen molar-refractivity contribution >= 4 is 17.0 Å². The van der Waals surface area contributed by atoms with Crippen LogP contribution in [0.1, 0.15) is 28.5 Å². The summed E-state index contributed by atoms with van der Waals surface area (Å²) in [5.41, 5.74) is 0.504. The van der Waals surface area contributed by atoms with E-state index in [1.165, 1.54) is 11.3 Å². The maximum absolute atomic E-state index is 13.5. The van der Waals surface area contributed by atoms with Crippen LogP contribution in [0.15, 0.2) is 12.1 Å². The van der Waals surface area contributed by atoms with Crippen molar-refractivity contribution in [3.05, 3.63) is 45.2 Å². The number of nitrogens with one attached hydrogen (secondary N) is 1. The zero-order valence-corrected chi connectivity index (χ0v) is 11.5. The van der Waals surface area contributed by atoms with Gasteiger partial charge in [-0.05, 0) is 20.8 Å². The summed E-state index contributed by atoms with van der Waals surface area (Å²) in [5, 5.41) is 3.62. The van der Waals surface area contributed by atoms with Gasteiger partial charge in [-0.1, -0.05) is 0 Å². The van der Waals surface area contributed by atoms with E-state index < -0.39 is 17.5 Å². The Kier molecular flexibility index (Phi) is 3.80. The first-order chi connectivity index (χ1) is 8.88. The predicted molar refractivity (Wildman–Crippen MR) is 69.9 cm³/mol. The smallest absolute Gasteiger partial charge is 0.152 e. The molecule has 0 saturated carbocycles. The predicted octanol–water partition coefficient (Wildman–Crippen LogP) is 4.35. The van der Waals surface area contributed by atoms with Gasteiger partial charge in [0.2, 0.25) is 0 Å². The van der Waals surface area contributed by atoms with Crippen molar-refractivity contribution in [1.82, 2.24) is 4.98 Å². The second kappa shape index (κ2) is 5.21. The van der Waals surface area contributed by atoms with E-state index >= 15 is 0 Å². The van der Waals surface area contributed by atoms with Crippen molar-refractivity contribution in [2.24, 2.45) is 0 Å². The van der Waals surface area contributed by atoms with Crippen LogP contribution < -0.4 is 5.32 Å². The van der Waals surface area contributed by atoms with E-state index in [4.69, 9.17) is 0 Å². The molecule has 0 bridgehead atoms. The molecule has 0 aliphatic rings. The van der Waals surface area contributed by atoms with Crippen LogP contribution in [0.3, 0.4) is 0 Å². The number of nitrogens with zero attached hydrogens (tertiary/aromatic N) is 1. The molecule has 0 spiro atoms. The van der Waals surface area contributed by atoms with E-state index in [1.807, 2.05) is 13.8 Å². The quantitative estimate of drug-likeness (QED) is 0.907. The van der Waals surface area contributed by atoms with Crippen LogP contribution >= 0.6 is 11.3 Å². The number of anilines is 1. The Morgan fingerprint density at radius 3 is 2.21 bits per heavy atom. The fourth-order valence-electron chi connectivity index (χ4n) is 1.91. The summed E-state index contributed by atoms with van der Waals surface area (Å²) < 4.78 is 39.9. The zero-order chi connectivity index (χ0) is 14.2. The van der Waals surface area contributed by atoms with Gasteiger partial charge in [-0.25, -0.2) is 18.2 Å². The maximum atomic E-state index is 13.5. The van der Waals surface area contributed by atoms with Crippen molar-refractivity contribution in [2.75, 3.05) is 5.32 Å². The van der Waals surface area contributed by atoms with Crippen molar-refractivity contribution in [1.29, 1.82) is 0 Å². The van der Waals surface area contributed by atoms with E-state index in [0.717, 1.165) is 15.6 Å². The van der Waals surface area contributed by atoms with Crippen LogP contribution in [-0.4, -0.2) is 4.98 Å². The SMILES string of the molecule is Cc1nc(C)c(C(C)Nc2c(F)cc(F)cc2F)s1. The van der Waals surface area contributed by atoms with Crippen molar-refractivity contribution in [3.63, 3.8) is 0 Å². The minimum atomic E-state index is -0.941. The van der Waals surface area contributed by atoms with Gasteiger partial charge < -0.3 is 5.32 Å². The average Bonchev–Trinajstić information content (AvgIpc) is 2.62. The number of hydrogen-bond acceptors (Lipinski definition) is 3.